The standard InChI is InChI=1S/C46H48N2/c1-4-41-30-43(47(32-37-18-10-6-11-19-37)33-38-20-12-7-13-21-38)26-28-45(41)36(3)46-29-27-44(31-42(46)5-2)48(34-39-22-14-8-15-23-39)35-40-24-16-9-17-25-40/h6-31,36H,4-5,32-35H2,1-3H3. The Morgan fingerprint density at radius 2 is 0.688 bits per heavy atom. The summed E-state index contributed by atoms with van der Waals surface area (Å²) >= 11 is 0. The molecule has 2 nitrogen and oxygen atoms in total. The minimum absolute atomic E-state index is 0.298. The average molecular weight is 629 g/mol. The van der Waals surface area contributed by atoms with Gasteiger partial charge in [-0.2, -0.15) is 0 Å². The van der Waals surface area contributed by atoms with Crippen LogP contribution in [-0.4, -0.2) is 0 Å². The maximum atomic E-state index is 2.51. The van der Waals surface area contributed by atoms with Gasteiger partial charge in [0.15, 0.2) is 0 Å². The molecule has 0 heterocycles. The molecule has 6 rings (SSSR count). The Hall–Kier alpha value is -5.08. The van der Waals surface area contributed by atoms with Crippen LogP contribution in [0, 0.1) is 0 Å². The summed E-state index contributed by atoms with van der Waals surface area (Å²) in [5.41, 5.74) is 13.5. The SMILES string of the molecule is CCc1cc(N(Cc2ccccc2)Cc2ccccc2)ccc1C(C)c1ccc(N(Cc2ccccc2)Cc2ccccc2)cc1CC. The second-order valence-corrected chi connectivity index (χ2v) is 12.8. The third-order valence-corrected chi connectivity index (χ3v) is 9.54. The molecule has 6 aromatic rings. The highest BCUT2D eigenvalue weighted by Crippen LogP contribution is 2.35. The highest BCUT2D eigenvalue weighted by Gasteiger charge is 2.19. The molecular formula is C46H48N2. The van der Waals surface area contributed by atoms with Crippen molar-refractivity contribution < 1.29 is 0 Å². The molecule has 2 heteroatoms. The summed E-state index contributed by atoms with van der Waals surface area (Å²) in [5.74, 6) is 0.298. The van der Waals surface area contributed by atoms with Gasteiger partial charge in [-0.05, 0) is 81.6 Å². The van der Waals surface area contributed by atoms with Crippen LogP contribution in [0.25, 0.3) is 0 Å². The Balaban J connectivity index is 1.30. The number of aryl methyl sites for hydroxylation is 2. The van der Waals surface area contributed by atoms with Crippen molar-refractivity contribution in [3.05, 3.63) is 202 Å². The predicted octanol–water partition coefficient (Wildman–Crippen LogP) is 11.4. The molecule has 0 aromatic heterocycles. The molecule has 0 spiro atoms. The zero-order chi connectivity index (χ0) is 33.1. The van der Waals surface area contributed by atoms with Crippen molar-refractivity contribution >= 4 is 11.4 Å². The molecule has 0 aliphatic heterocycles. The first-order chi connectivity index (χ1) is 23.6. The van der Waals surface area contributed by atoms with E-state index in [0.717, 1.165) is 39.0 Å². The summed E-state index contributed by atoms with van der Waals surface area (Å²) in [7, 11) is 0. The van der Waals surface area contributed by atoms with Crippen LogP contribution in [0.5, 0.6) is 0 Å². The quantitative estimate of drug-likeness (QED) is 0.118. The van der Waals surface area contributed by atoms with E-state index in [9.17, 15) is 0 Å². The van der Waals surface area contributed by atoms with E-state index in [4.69, 9.17) is 0 Å². The van der Waals surface area contributed by atoms with E-state index >= 15 is 0 Å². The Kier molecular flexibility index (Phi) is 11.1. The van der Waals surface area contributed by atoms with E-state index in [1.165, 1.54) is 55.9 Å². The lowest BCUT2D eigenvalue weighted by Gasteiger charge is -2.29. The fraction of sp³-hybridized carbons (Fsp3) is 0.217. The molecular weight excluding hydrogens is 581 g/mol. The second-order valence-electron chi connectivity index (χ2n) is 12.8. The lowest BCUT2D eigenvalue weighted by molar-refractivity contribution is 0.792. The highest BCUT2D eigenvalue weighted by atomic mass is 15.1. The van der Waals surface area contributed by atoms with E-state index < -0.39 is 0 Å². The molecule has 0 aliphatic carbocycles. The molecule has 48 heavy (non-hydrogen) atoms. The lowest BCUT2D eigenvalue weighted by atomic mass is 9.85. The number of rotatable bonds is 14. The zero-order valence-electron chi connectivity index (χ0n) is 28.7. The molecule has 0 atom stereocenters. The van der Waals surface area contributed by atoms with Gasteiger partial charge >= 0.3 is 0 Å². The minimum Gasteiger partial charge on any atom is -0.363 e. The van der Waals surface area contributed by atoms with Crippen molar-refractivity contribution in [3.63, 3.8) is 0 Å². The molecule has 0 aliphatic rings. The summed E-state index contributed by atoms with van der Waals surface area (Å²) < 4.78 is 0. The van der Waals surface area contributed by atoms with E-state index in [0.29, 0.717) is 5.92 Å². The molecule has 0 radical (unpaired) electrons. The molecule has 6 aromatic carbocycles. The number of hydrogen-bond acceptors (Lipinski definition) is 2. The van der Waals surface area contributed by atoms with Crippen molar-refractivity contribution in [2.45, 2.75) is 65.7 Å². The number of anilines is 2. The summed E-state index contributed by atoms with van der Waals surface area (Å²) in [4.78, 5) is 5.02. The van der Waals surface area contributed by atoms with Crippen molar-refractivity contribution in [1.82, 2.24) is 0 Å². The smallest absolute Gasteiger partial charge is 0.0433 e. The lowest BCUT2D eigenvalue weighted by Crippen LogP contribution is -2.23. The van der Waals surface area contributed by atoms with Gasteiger partial charge in [-0.1, -0.05) is 154 Å². The summed E-state index contributed by atoms with van der Waals surface area (Å²) in [6, 6.07) is 57.7. The monoisotopic (exact) mass is 628 g/mol. The van der Waals surface area contributed by atoms with E-state index in [2.05, 4.69) is 188 Å². The van der Waals surface area contributed by atoms with Crippen LogP contribution < -0.4 is 9.80 Å². The Morgan fingerprint density at radius 1 is 0.396 bits per heavy atom. The van der Waals surface area contributed by atoms with Gasteiger partial charge in [-0.25, -0.2) is 0 Å². The third-order valence-electron chi connectivity index (χ3n) is 9.54. The molecule has 0 amide bonds. The normalized spacial score (nSPS) is 11.1. The van der Waals surface area contributed by atoms with Crippen molar-refractivity contribution in [1.29, 1.82) is 0 Å². The topological polar surface area (TPSA) is 6.48 Å². The van der Waals surface area contributed by atoms with Crippen LogP contribution in [0.15, 0.2) is 158 Å². The van der Waals surface area contributed by atoms with Gasteiger partial charge in [0.1, 0.15) is 0 Å². The van der Waals surface area contributed by atoms with Crippen LogP contribution in [0.4, 0.5) is 11.4 Å². The van der Waals surface area contributed by atoms with Crippen LogP contribution in [0.1, 0.15) is 71.2 Å². The third kappa shape index (κ3) is 8.25. The Bertz CT molecular complexity index is 1630. The molecule has 242 valence electrons. The minimum atomic E-state index is 0.298. The Morgan fingerprint density at radius 3 is 0.958 bits per heavy atom. The van der Waals surface area contributed by atoms with Crippen LogP contribution in [0.3, 0.4) is 0 Å². The van der Waals surface area contributed by atoms with Gasteiger partial charge in [0.25, 0.3) is 0 Å². The molecule has 0 saturated heterocycles. The maximum Gasteiger partial charge on any atom is 0.0433 e. The fourth-order valence-corrected chi connectivity index (χ4v) is 6.89. The molecule has 0 N–H and O–H groups in total. The van der Waals surface area contributed by atoms with E-state index in [-0.39, 0.29) is 0 Å². The van der Waals surface area contributed by atoms with Gasteiger partial charge in [-0.3, -0.25) is 0 Å². The van der Waals surface area contributed by atoms with Crippen LogP contribution in [-0.2, 0) is 39.0 Å². The molecule has 0 bridgehead atoms. The van der Waals surface area contributed by atoms with E-state index in [1.807, 2.05) is 0 Å². The van der Waals surface area contributed by atoms with Gasteiger partial charge in [0, 0.05) is 43.5 Å². The maximum absolute atomic E-state index is 2.51. The summed E-state index contributed by atoms with van der Waals surface area (Å²) in [6.07, 6.45) is 2.00. The molecule has 0 fully saturated rings. The first-order valence-electron chi connectivity index (χ1n) is 17.5. The number of nitrogens with zero attached hydrogens (tertiary/aromatic N) is 2. The van der Waals surface area contributed by atoms with E-state index in [1.54, 1.807) is 0 Å². The first kappa shape index (κ1) is 32.8. The average Bonchev–Trinajstić information content (AvgIpc) is 3.15. The second kappa shape index (κ2) is 16.2. The zero-order valence-corrected chi connectivity index (χ0v) is 28.7. The van der Waals surface area contributed by atoms with Gasteiger partial charge < -0.3 is 9.80 Å². The number of benzene rings is 6. The predicted molar refractivity (Wildman–Crippen MR) is 205 cm³/mol. The Labute approximate surface area is 288 Å². The van der Waals surface area contributed by atoms with Crippen LogP contribution in [0.2, 0.25) is 0 Å². The fourth-order valence-electron chi connectivity index (χ4n) is 6.89. The summed E-state index contributed by atoms with van der Waals surface area (Å²) in [5, 5.41) is 0. The number of hydrogen-bond donors (Lipinski definition) is 0. The first-order valence-corrected chi connectivity index (χ1v) is 17.5. The van der Waals surface area contributed by atoms with Gasteiger partial charge in [0.05, 0.1) is 0 Å². The molecule has 0 unspecified atom stereocenters. The van der Waals surface area contributed by atoms with Crippen LogP contribution >= 0.6 is 0 Å². The highest BCUT2D eigenvalue weighted by molar-refractivity contribution is 5.57. The van der Waals surface area contributed by atoms with Gasteiger partial charge in [-0.15, -0.1) is 0 Å². The van der Waals surface area contributed by atoms with Gasteiger partial charge in [0.2, 0.25) is 0 Å². The molecule has 0 saturated carbocycles. The van der Waals surface area contributed by atoms with Crippen molar-refractivity contribution in [2.75, 3.05) is 9.80 Å². The van der Waals surface area contributed by atoms with Crippen molar-refractivity contribution in [2.24, 2.45) is 0 Å². The summed E-state index contributed by atoms with van der Waals surface area (Å²) in [6.45, 7) is 10.5. The van der Waals surface area contributed by atoms with Crippen molar-refractivity contribution in [3.8, 4) is 0 Å². The largest absolute Gasteiger partial charge is 0.363 e.